The first kappa shape index (κ1) is 14.6. The molecule has 19 heavy (non-hydrogen) atoms. The molecule has 1 aromatic heterocycles. The average molecular weight is 290 g/mol. The highest BCUT2D eigenvalue weighted by Crippen LogP contribution is 2.22. The SMILES string of the molecule is COc1nc(C(=O)NS(C)(=O)=O)ncc1OC(N)=O. The molecule has 1 rings (SSSR count). The number of primary amides is 1. The fraction of sp³-hybridized carbons (Fsp3) is 0.250. The molecule has 0 spiro atoms. The summed E-state index contributed by atoms with van der Waals surface area (Å²) in [5, 5.41) is 0. The summed E-state index contributed by atoms with van der Waals surface area (Å²) in [4.78, 5) is 29.1. The number of rotatable bonds is 4. The minimum atomic E-state index is -3.75. The number of nitrogens with one attached hydrogen (secondary N) is 1. The van der Waals surface area contributed by atoms with Crippen LogP contribution in [0.4, 0.5) is 4.79 Å². The Labute approximate surface area is 108 Å². The van der Waals surface area contributed by atoms with Crippen LogP contribution in [-0.2, 0) is 10.0 Å². The standard InChI is InChI=1S/C8H10N4O6S/c1-17-7-4(18-8(9)14)3-10-5(11-7)6(13)12-19(2,15)16/h3H,1-2H3,(H2,9,14)(H,12,13). The molecule has 3 N–H and O–H groups in total. The summed E-state index contributed by atoms with van der Waals surface area (Å²) in [6.07, 6.45) is 0.635. The van der Waals surface area contributed by atoms with Crippen LogP contribution >= 0.6 is 0 Å². The summed E-state index contributed by atoms with van der Waals surface area (Å²) in [6.45, 7) is 0. The zero-order valence-corrected chi connectivity index (χ0v) is 10.7. The van der Waals surface area contributed by atoms with Crippen molar-refractivity contribution in [3.05, 3.63) is 12.0 Å². The van der Waals surface area contributed by atoms with E-state index in [0.29, 0.717) is 0 Å². The Hall–Kier alpha value is -2.43. The molecule has 10 nitrogen and oxygen atoms in total. The highest BCUT2D eigenvalue weighted by Gasteiger charge is 2.18. The van der Waals surface area contributed by atoms with E-state index in [9.17, 15) is 18.0 Å². The van der Waals surface area contributed by atoms with Gasteiger partial charge in [-0.15, -0.1) is 0 Å². The maximum Gasteiger partial charge on any atom is 0.410 e. The van der Waals surface area contributed by atoms with E-state index < -0.39 is 27.8 Å². The highest BCUT2D eigenvalue weighted by atomic mass is 32.2. The molecule has 0 fully saturated rings. The Morgan fingerprint density at radius 2 is 2.05 bits per heavy atom. The third kappa shape index (κ3) is 4.39. The number of ether oxygens (including phenoxy) is 2. The highest BCUT2D eigenvalue weighted by molar-refractivity contribution is 7.89. The van der Waals surface area contributed by atoms with Crippen molar-refractivity contribution in [2.45, 2.75) is 0 Å². The zero-order valence-electron chi connectivity index (χ0n) is 9.91. The van der Waals surface area contributed by atoms with Gasteiger partial charge in [0.1, 0.15) is 0 Å². The molecule has 0 saturated carbocycles. The molecule has 104 valence electrons. The number of nitrogens with zero attached hydrogens (tertiary/aromatic N) is 2. The summed E-state index contributed by atoms with van der Waals surface area (Å²) in [6, 6.07) is 0. The quantitative estimate of drug-likeness (QED) is 0.689. The number of amides is 2. The van der Waals surface area contributed by atoms with Gasteiger partial charge in [-0.1, -0.05) is 0 Å². The van der Waals surface area contributed by atoms with Crippen molar-refractivity contribution in [1.29, 1.82) is 0 Å². The number of hydrogen-bond acceptors (Lipinski definition) is 8. The first-order valence-electron chi connectivity index (χ1n) is 4.63. The lowest BCUT2D eigenvalue weighted by Gasteiger charge is -2.07. The number of carbonyl (C=O) groups excluding carboxylic acids is 2. The molecule has 1 heterocycles. The van der Waals surface area contributed by atoms with Crippen LogP contribution in [0, 0.1) is 0 Å². The van der Waals surface area contributed by atoms with Gasteiger partial charge in [0.15, 0.2) is 0 Å². The van der Waals surface area contributed by atoms with E-state index in [0.717, 1.165) is 12.5 Å². The predicted octanol–water partition coefficient (Wildman–Crippen LogP) is -1.37. The molecule has 0 aliphatic heterocycles. The lowest BCUT2D eigenvalue weighted by atomic mass is 10.5. The lowest BCUT2D eigenvalue weighted by molar-refractivity contribution is 0.0970. The third-order valence-electron chi connectivity index (χ3n) is 1.61. The van der Waals surface area contributed by atoms with Crippen molar-refractivity contribution in [3.8, 4) is 11.6 Å². The Morgan fingerprint density at radius 1 is 1.42 bits per heavy atom. The molecule has 0 unspecified atom stereocenters. The van der Waals surface area contributed by atoms with Gasteiger partial charge in [-0.25, -0.2) is 22.9 Å². The van der Waals surface area contributed by atoms with E-state index in [-0.39, 0.29) is 11.6 Å². The molecular formula is C8H10N4O6S. The van der Waals surface area contributed by atoms with E-state index in [4.69, 9.17) is 10.5 Å². The molecular weight excluding hydrogens is 280 g/mol. The van der Waals surface area contributed by atoms with Crippen molar-refractivity contribution in [3.63, 3.8) is 0 Å². The first-order chi connectivity index (χ1) is 8.73. The monoisotopic (exact) mass is 290 g/mol. The number of nitrogens with two attached hydrogens (primary N) is 1. The fourth-order valence-corrected chi connectivity index (χ4v) is 1.43. The summed E-state index contributed by atoms with van der Waals surface area (Å²) < 4.78 is 32.7. The van der Waals surface area contributed by atoms with Crippen molar-refractivity contribution >= 4 is 22.0 Å². The number of sulfonamides is 1. The molecule has 0 saturated heterocycles. The first-order valence-corrected chi connectivity index (χ1v) is 6.52. The largest absolute Gasteiger partial charge is 0.478 e. The van der Waals surface area contributed by atoms with Crippen LogP contribution in [0.2, 0.25) is 0 Å². The van der Waals surface area contributed by atoms with Crippen LogP contribution in [0.25, 0.3) is 0 Å². The Kier molecular flexibility index (Phi) is 4.22. The molecule has 0 radical (unpaired) electrons. The van der Waals surface area contributed by atoms with Crippen LogP contribution in [0.15, 0.2) is 6.20 Å². The number of hydrogen-bond donors (Lipinski definition) is 2. The van der Waals surface area contributed by atoms with Gasteiger partial charge in [-0.2, -0.15) is 4.98 Å². The number of carbonyl (C=O) groups is 2. The van der Waals surface area contributed by atoms with Gasteiger partial charge in [0.2, 0.25) is 21.6 Å². The van der Waals surface area contributed by atoms with Crippen LogP contribution in [0.3, 0.4) is 0 Å². The second-order valence-corrected chi connectivity index (χ2v) is 4.94. The van der Waals surface area contributed by atoms with Crippen LogP contribution in [0.5, 0.6) is 11.6 Å². The van der Waals surface area contributed by atoms with Crippen LogP contribution in [-0.4, -0.2) is 43.8 Å². The average Bonchev–Trinajstić information content (AvgIpc) is 2.26. The summed E-state index contributed by atoms with van der Waals surface area (Å²) in [5.74, 6) is -1.97. The summed E-state index contributed by atoms with van der Waals surface area (Å²) in [7, 11) is -2.54. The predicted molar refractivity (Wildman–Crippen MR) is 61.1 cm³/mol. The van der Waals surface area contributed by atoms with Crippen molar-refractivity contribution in [2.75, 3.05) is 13.4 Å². The Balaban J connectivity index is 3.06. The molecule has 11 heteroatoms. The lowest BCUT2D eigenvalue weighted by Crippen LogP contribution is -2.31. The maximum absolute atomic E-state index is 11.5. The second-order valence-electron chi connectivity index (χ2n) is 3.19. The molecule has 2 amide bonds. The van der Waals surface area contributed by atoms with Gasteiger partial charge < -0.3 is 15.2 Å². The molecule has 1 aromatic rings. The number of methoxy groups -OCH3 is 1. The summed E-state index contributed by atoms with van der Waals surface area (Å²) in [5.41, 5.74) is 4.80. The smallest absolute Gasteiger partial charge is 0.410 e. The molecule has 0 atom stereocenters. The minimum absolute atomic E-state index is 0.203. The Morgan fingerprint density at radius 3 is 2.53 bits per heavy atom. The van der Waals surface area contributed by atoms with Gasteiger partial charge >= 0.3 is 12.0 Å². The van der Waals surface area contributed by atoms with E-state index in [1.54, 1.807) is 4.72 Å². The van der Waals surface area contributed by atoms with Gasteiger partial charge in [-0.05, 0) is 0 Å². The number of aromatic nitrogens is 2. The van der Waals surface area contributed by atoms with Gasteiger partial charge in [0.25, 0.3) is 5.88 Å². The van der Waals surface area contributed by atoms with Crippen molar-refractivity contribution < 1.29 is 27.5 Å². The molecule has 0 aliphatic carbocycles. The maximum atomic E-state index is 11.5. The normalized spacial score (nSPS) is 10.6. The zero-order chi connectivity index (χ0) is 14.6. The molecule has 0 aliphatic rings. The van der Waals surface area contributed by atoms with Crippen LogP contribution in [0.1, 0.15) is 10.6 Å². The fourth-order valence-electron chi connectivity index (χ4n) is 1.00. The Bertz CT molecular complexity index is 614. The third-order valence-corrected chi connectivity index (χ3v) is 2.16. The van der Waals surface area contributed by atoms with Crippen molar-refractivity contribution in [1.82, 2.24) is 14.7 Å². The molecule has 0 aromatic carbocycles. The van der Waals surface area contributed by atoms with E-state index in [1.165, 1.54) is 7.11 Å². The van der Waals surface area contributed by atoms with E-state index in [1.807, 2.05) is 0 Å². The van der Waals surface area contributed by atoms with E-state index in [2.05, 4.69) is 14.7 Å². The van der Waals surface area contributed by atoms with Gasteiger partial charge in [0.05, 0.1) is 19.6 Å². The van der Waals surface area contributed by atoms with Crippen LogP contribution < -0.4 is 19.9 Å². The van der Waals surface area contributed by atoms with Gasteiger partial charge in [-0.3, -0.25) is 4.79 Å². The van der Waals surface area contributed by atoms with Crippen molar-refractivity contribution in [2.24, 2.45) is 5.73 Å². The summed E-state index contributed by atoms with van der Waals surface area (Å²) >= 11 is 0. The minimum Gasteiger partial charge on any atom is -0.478 e. The molecule has 0 bridgehead atoms. The van der Waals surface area contributed by atoms with E-state index >= 15 is 0 Å². The second kappa shape index (κ2) is 5.48. The topological polar surface area (TPSA) is 151 Å². The van der Waals surface area contributed by atoms with Gasteiger partial charge in [0, 0.05) is 0 Å².